The van der Waals surface area contributed by atoms with Crippen LogP contribution in [0.4, 0.5) is 0 Å². The Labute approximate surface area is 142 Å². The molecule has 0 fully saturated rings. The van der Waals surface area contributed by atoms with E-state index in [1.807, 2.05) is 23.7 Å². The first-order valence-corrected chi connectivity index (χ1v) is 7.58. The Morgan fingerprint density at radius 2 is 2.12 bits per heavy atom. The number of fused-ring (bicyclic) bond motifs is 1. The highest BCUT2D eigenvalue weighted by molar-refractivity contribution is 5.82. The lowest BCUT2D eigenvalue weighted by Crippen LogP contribution is -2.20. The van der Waals surface area contributed by atoms with Crippen LogP contribution in [-0.4, -0.2) is 42.7 Å². The van der Waals surface area contributed by atoms with E-state index in [0.717, 1.165) is 19.4 Å². The molecule has 6 nitrogen and oxygen atoms in total. The fourth-order valence-corrected chi connectivity index (χ4v) is 1.72. The first kappa shape index (κ1) is 21.4. The van der Waals surface area contributed by atoms with Gasteiger partial charge in [-0.3, -0.25) is 9.59 Å². The minimum absolute atomic E-state index is 0.302. The Balaban J connectivity index is 0.000000343. The maximum Gasteiger partial charge on any atom is 0.322 e. The van der Waals surface area contributed by atoms with Crippen molar-refractivity contribution >= 4 is 23.3 Å². The number of hydrogen-bond donors (Lipinski definition) is 3. The van der Waals surface area contributed by atoms with Crippen molar-refractivity contribution in [3.63, 3.8) is 0 Å². The number of aromatic nitrogens is 1. The van der Waals surface area contributed by atoms with Gasteiger partial charge in [-0.1, -0.05) is 24.3 Å². The fourth-order valence-electron chi connectivity index (χ4n) is 1.72. The average molecular weight is 334 g/mol. The summed E-state index contributed by atoms with van der Waals surface area (Å²) in [4.78, 5) is 22.1. The molecular formula is C18H26N2O4. The molecule has 0 aliphatic heterocycles. The minimum atomic E-state index is -1.04. The molecule has 132 valence electrons. The van der Waals surface area contributed by atoms with E-state index in [1.165, 1.54) is 16.5 Å². The molecular weight excluding hydrogens is 308 g/mol. The number of unbranched alkanes of at least 4 members (excludes halogenated alkanes) is 1. The van der Waals surface area contributed by atoms with Crippen LogP contribution in [0.25, 0.3) is 10.9 Å². The van der Waals surface area contributed by atoms with E-state index in [2.05, 4.69) is 36.7 Å². The molecule has 2 aromatic rings. The lowest BCUT2D eigenvalue weighted by molar-refractivity contribution is -0.136. The predicted molar refractivity (Wildman–Crippen MR) is 96.0 cm³/mol. The smallest absolute Gasteiger partial charge is 0.322 e. The molecule has 1 aromatic carbocycles. The van der Waals surface area contributed by atoms with Gasteiger partial charge in [0.05, 0.1) is 0 Å². The summed E-state index contributed by atoms with van der Waals surface area (Å²) in [5, 5.41) is 11.1. The molecule has 0 spiro atoms. The van der Waals surface area contributed by atoms with Gasteiger partial charge in [-0.15, -0.1) is 6.58 Å². The summed E-state index contributed by atoms with van der Waals surface area (Å²) in [7, 11) is 1.71. The third kappa shape index (κ3) is 10.2. The van der Waals surface area contributed by atoms with Crippen LogP contribution in [0.5, 0.6) is 0 Å². The molecule has 1 heterocycles. The SMILES string of the molecule is C=CCCCOC.Cc1c[nH]c2ccccc12.O=CNCC(=O)O. The number of allylic oxidation sites excluding steroid dienone is 1. The van der Waals surface area contributed by atoms with Gasteiger partial charge in [0.2, 0.25) is 6.41 Å². The van der Waals surface area contributed by atoms with Gasteiger partial charge in [0.15, 0.2) is 0 Å². The minimum Gasteiger partial charge on any atom is -0.480 e. The number of H-pyrrole nitrogens is 1. The zero-order chi connectivity index (χ0) is 18.2. The quantitative estimate of drug-likeness (QED) is 0.412. The molecule has 0 aliphatic rings. The van der Waals surface area contributed by atoms with Crippen LogP contribution < -0.4 is 5.32 Å². The molecule has 1 amide bonds. The molecule has 0 aliphatic carbocycles. The lowest BCUT2D eigenvalue weighted by Gasteiger charge is -1.90. The summed E-state index contributed by atoms with van der Waals surface area (Å²) < 4.78 is 4.80. The van der Waals surface area contributed by atoms with Crippen LogP contribution in [-0.2, 0) is 14.3 Å². The zero-order valence-electron chi connectivity index (χ0n) is 14.2. The molecule has 0 saturated heterocycles. The van der Waals surface area contributed by atoms with Crippen LogP contribution in [0.15, 0.2) is 43.1 Å². The molecule has 6 heteroatoms. The van der Waals surface area contributed by atoms with Crippen molar-refractivity contribution in [3.05, 3.63) is 48.7 Å². The van der Waals surface area contributed by atoms with E-state index >= 15 is 0 Å². The molecule has 24 heavy (non-hydrogen) atoms. The molecule has 0 saturated carbocycles. The second-order valence-corrected chi connectivity index (χ2v) is 4.83. The number of carbonyl (C=O) groups excluding carboxylic acids is 1. The highest BCUT2D eigenvalue weighted by Crippen LogP contribution is 2.15. The number of ether oxygens (including phenoxy) is 1. The Morgan fingerprint density at radius 1 is 1.42 bits per heavy atom. The number of para-hydroxylation sites is 1. The van der Waals surface area contributed by atoms with Gasteiger partial charge in [-0.25, -0.2) is 0 Å². The summed E-state index contributed by atoms with van der Waals surface area (Å²) in [6.45, 7) is 6.24. The van der Waals surface area contributed by atoms with Crippen LogP contribution >= 0.6 is 0 Å². The van der Waals surface area contributed by atoms with E-state index in [0.29, 0.717) is 6.41 Å². The van der Waals surface area contributed by atoms with Gasteiger partial charge in [-0.2, -0.15) is 0 Å². The van der Waals surface area contributed by atoms with Crippen LogP contribution in [0, 0.1) is 6.92 Å². The lowest BCUT2D eigenvalue weighted by atomic mass is 10.2. The monoisotopic (exact) mass is 334 g/mol. The largest absolute Gasteiger partial charge is 0.480 e. The first-order chi connectivity index (χ1) is 11.6. The summed E-state index contributed by atoms with van der Waals surface area (Å²) in [5.74, 6) is -1.04. The third-order valence-electron chi connectivity index (χ3n) is 2.89. The Bertz CT molecular complexity index is 608. The summed E-state index contributed by atoms with van der Waals surface area (Å²) in [5.41, 5.74) is 2.54. The van der Waals surface area contributed by atoms with E-state index in [4.69, 9.17) is 9.84 Å². The number of amides is 1. The van der Waals surface area contributed by atoms with Gasteiger partial charge in [0.25, 0.3) is 0 Å². The number of hydrogen-bond acceptors (Lipinski definition) is 3. The molecule has 0 unspecified atom stereocenters. The van der Waals surface area contributed by atoms with Crippen molar-refractivity contribution in [1.82, 2.24) is 10.3 Å². The number of aryl methyl sites for hydroxylation is 1. The Kier molecular flexibility index (Phi) is 12.5. The normalized spacial score (nSPS) is 9.08. The predicted octanol–water partition coefficient (Wildman–Crippen LogP) is 2.89. The number of benzene rings is 1. The first-order valence-electron chi connectivity index (χ1n) is 7.58. The molecule has 0 radical (unpaired) electrons. The second-order valence-electron chi connectivity index (χ2n) is 4.83. The topological polar surface area (TPSA) is 91.4 Å². The Morgan fingerprint density at radius 3 is 2.62 bits per heavy atom. The van der Waals surface area contributed by atoms with Crippen molar-refractivity contribution < 1.29 is 19.4 Å². The fraction of sp³-hybridized carbons (Fsp3) is 0.333. The van der Waals surface area contributed by atoms with E-state index in [-0.39, 0.29) is 6.54 Å². The number of aromatic amines is 1. The summed E-state index contributed by atoms with van der Waals surface area (Å²) >= 11 is 0. The van der Waals surface area contributed by atoms with Crippen molar-refractivity contribution in [3.8, 4) is 0 Å². The number of carbonyl (C=O) groups is 2. The maximum atomic E-state index is 9.54. The summed E-state index contributed by atoms with van der Waals surface area (Å²) in [6, 6.07) is 8.31. The van der Waals surface area contributed by atoms with Crippen LogP contribution in [0.3, 0.4) is 0 Å². The van der Waals surface area contributed by atoms with Gasteiger partial charge in [-0.05, 0) is 31.4 Å². The standard InChI is InChI=1S/C9H9N.C6H12O.C3H5NO3/c1-7-6-10-9-5-3-2-4-8(7)9;1-3-4-5-6-7-2;5-2-4-1-3(6)7/h2-6,10H,1H3;3H,1,4-6H2,2H3;2H,1H2,(H,4,5)(H,6,7). The van der Waals surface area contributed by atoms with Crippen molar-refractivity contribution in [2.24, 2.45) is 0 Å². The van der Waals surface area contributed by atoms with Gasteiger partial charge >= 0.3 is 5.97 Å². The molecule has 3 N–H and O–H groups in total. The van der Waals surface area contributed by atoms with Gasteiger partial charge in [0, 0.05) is 30.8 Å². The van der Waals surface area contributed by atoms with Crippen molar-refractivity contribution in [2.75, 3.05) is 20.3 Å². The number of rotatable bonds is 7. The van der Waals surface area contributed by atoms with Crippen LogP contribution in [0.1, 0.15) is 18.4 Å². The summed E-state index contributed by atoms with van der Waals surface area (Å²) in [6.07, 6.45) is 6.44. The van der Waals surface area contributed by atoms with Crippen molar-refractivity contribution in [2.45, 2.75) is 19.8 Å². The van der Waals surface area contributed by atoms with E-state index in [1.54, 1.807) is 7.11 Å². The molecule has 0 atom stereocenters. The van der Waals surface area contributed by atoms with Crippen LogP contribution in [0.2, 0.25) is 0 Å². The number of carboxylic acids is 1. The average Bonchev–Trinajstić information content (AvgIpc) is 2.96. The number of methoxy groups -OCH3 is 1. The third-order valence-corrected chi connectivity index (χ3v) is 2.89. The number of nitrogens with one attached hydrogen (secondary N) is 2. The van der Waals surface area contributed by atoms with E-state index in [9.17, 15) is 9.59 Å². The van der Waals surface area contributed by atoms with Gasteiger partial charge in [0.1, 0.15) is 6.54 Å². The number of aliphatic carboxylic acids is 1. The maximum absolute atomic E-state index is 9.54. The Hall–Kier alpha value is -2.60. The molecule has 1 aromatic heterocycles. The van der Waals surface area contributed by atoms with Crippen molar-refractivity contribution in [1.29, 1.82) is 0 Å². The second kappa shape index (κ2) is 14.0. The molecule has 0 bridgehead atoms. The number of carboxylic acid groups (broad SMARTS) is 1. The van der Waals surface area contributed by atoms with E-state index < -0.39 is 5.97 Å². The highest BCUT2D eigenvalue weighted by Gasteiger charge is 1.94. The zero-order valence-corrected chi connectivity index (χ0v) is 14.2. The van der Waals surface area contributed by atoms with Gasteiger partial charge < -0.3 is 20.1 Å². The molecule has 2 rings (SSSR count). The highest BCUT2D eigenvalue weighted by atomic mass is 16.5.